The summed E-state index contributed by atoms with van der Waals surface area (Å²) in [5.41, 5.74) is -0.666. The van der Waals surface area contributed by atoms with Crippen LogP contribution in [0.4, 0.5) is 0 Å². The molecular weight excluding hydrogens is 550 g/mol. The molecule has 0 aliphatic heterocycles. The molecule has 0 aromatic heterocycles. The highest BCUT2D eigenvalue weighted by Crippen LogP contribution is 2.24. The van der Waals surface area contributed by atoms with Gasteiger partial charge in [0.15, 0.2) is 5.78 Å². The van der Waals surface area contributed by atoms with E-state index >= 15 is 0 Å². The van der Waals surface area contributed by atoms with Gasteiger partial charge in [0.25, 0.3) is 0 Å². The molecule has 244 valence electrons. The van der Waals surface area contributed by atoms with Crippen LogP contribution in [0, 0.1) is 11.3 Å². The summed E-state index contributed by atoms with van der Waals surface area (Å²) in [5, 5.41) is 11.2. The normalized spacial score (nSPS) is 12.5. The number of nitrogens with one attached hydrogen (secondary N) is 1. The highest BCUT2D eigenvalue weighted by molar-refractivity contribution is 5.85. The molecular formula is C30H53NO11. The molecule has 0 aliphatic carbocycles. The van der Waals surface area contributed by atoms with Crippen molar-refractivity contribution in [2.45, 2.75) is 92.1 Å². The van der Waals surface area contributed by atoms with Crippen LogP contribution in [0.2, 0.25) is 0 Å². The Morgan fingerprint density at radius 3 is 1.90 bits per heavy atom. The third kappa shape index (κ3) is 26.5. The number of hydrogen-bond acceptors (Lipinski definition) is 10. The Kier molecular flexibility index (Phi) is 20.9. The smallest absolute Gasteiger partial charge is 0.329 e. The number of esters is 1. The van der Waals surface area contributed by atoms with Gasteiger partial charge in [-0.1, -0.05) is 20.8 Å². The number of rotatable bonds is 25. The van der Waals surface area contributed by atoms with Gasteiger partial charge in [0, 0.05) is 38.8 Å². The number of hydrogen-bond donors (Lipinski definition) is 2. The zero-order valence-electron chi connectivity index (χ0n) is 26.4. The molecule has 0 saturated carbocycles. The van der Waals surface area contributed by atoms with Crippen LogP contribution in [0.15, 0.2) is 0 Å². The fraction of sp³-hybridized carbons (Fsp3) is 0.833. The van der Waals surface area contributed by atoms with E-state index in [-0.39, 0.29) is 94.9 Å². The average molecular weight is 604 g/mol. The van der Waals surface area contributed by atoms with Crippen molar-refractivity contribution in [3.63, 3.8) is 0 Å². The van der Waals surface area contributed by atoms with E-state index in [0.717, 1.165) is 6.42 Å². The molecule has 0 radical (unpaired) electrons. The summed E-state index contributed by atoms with van der Waals surface area (Å²) >= 11 is 0. The van der Waals surface area contributed by atoms with Crippen LogP contribution in [0.5, 0.6) is 0 Å². The third-order valence-electron chi connectivity index (χ3n) is 5.63. The Bertz CT molecular complexity index is 815. The first-order chi connectivity index (χ1) is 19.6. The van der Waals surface area contributed by atoms with Gasteiger partial charge in [-0.15, -0.1) is 0 Å². The maximum Gasteiger partial charge on any atom is 0.329 e. The van der Waals surface area contributed by atoms with Crippen molar-refractivity contribution >= 4 is 29.4 Å². The molecule has 1 atom stereocenters. The monoisotopic (exact) mass is 603 g/mol. The minimum Gasteiger partial charge on any atom is -0.480 e. The molecule has 0 aliphatic rings. The molecule has 0 fully saturated rings. The van der Waals surface area contributed by atoms with Crippen molar-refractivity contribution < 1.29 is 52.8 Å². The molecule has 0 bridgehead atoms. The number of carboxylic acid groups (broad SMARTS) is 1. The highest BCUT2D eigenvalue weighted by atomic mass is 16.6. The van der Waals surface area contributed by atoms with E-state index in [1.54, 1.807) is 20.8 Å². The Morgan fingerprint density at radius 1 is 0.714 bits per heavy atom. The van der Waals surface area contributed by atoms with E-state index < -0.39 is 23.5 Å². The molecule has 0 spiro atoms. The predicted octanol–water partition coefficient (Wildman–Crippen LogP) is 3.13. The maximum atomic E-state index is 12.7. The molecule has 0 aromatic carbocycles. The van der Waals surface area contributed by atoms with Crippen molar-refractivity contribution in [3.05, 3.63) is 0 Å². The van der Waals surface area contributed by atoms with Crippen LogP contribution in [0.3, 0.4) is 0 Å². The molecule has 0 heterocycles. The second-order valence-corrected chi connectivity index (χ2v) is 12.3. The van der Waals surface area contributed by atoms with Gasteiger partial charge in [-0.25, -0.2) is 4.79 Å². The lowest BCUT2D eigenvalue weighted by Gasteiger charge is -2.24. The van der Waals surface area contributed by atoms with Crippen LogP contribution in [0.1, 0.15) is 86.5 Å². The van der Waals surface area contributed by atoms with Gasteiger partial charge in [0.05, 0.1) is 39.0 Å². The number of carbonyl (C=O) groups excluding carboxylic acids is 4. The lowest BCUT2D eigenvalue weighted by Crippen LogP contribution is -2.32. The second kappa shape index (κ2) is 22.2. The molecule has 0 saturated heterocycles. The van der Waals surface area contributed by atoms with Gasteiger partial charge < -0.3 is 34.1 Å². The fourth-order valence-electron chi connectivity index (χ4n) is 3.46. The summed E-state index contributed by atoms with van der Waals surface area (Å²) in [7, 11) is 0. The first-order valence-corrected chi connectivity index (χ1v) is 14.6. The first kappa shape index (κ1) is 39.6. The van der Waals surface area contributed by atoms with Crippen molar-refractivity contribution in [1.29, 1.82) is 0 Å². The highest BCUT2D eigenvalue weighted by Gasteiger charge is 2.28. The lowest BCUT2D eigenvalue weighted by atomic mass is 9.87. The van der Waals surface area contributed by atoms with E-state index in [1.807, 2.05) is 0 Å². The van der Waals surface area contributed by atoms with Gasteiger partial charge >= 0.3 is 11.9 Å². The maximum absolute atomic E-state index is 12.7. The summed E-state index contributed by atoms with van der Waals surface area (Å²) in [6, 6.07) is 0. The summed E-state index contributed by atoms with van der Waals surface area (Å²) in [6.07, 6.45) is 2.31. The number of ether oxygens (including phenoxy) is 5. The zero-order valence-corrected chi connectivity index (χ0v) is 26.4. The molecule has 0 unspecified atom stereocenters. The van der Waals surface area contributed by atoms with E-state index in [2.05, 4.69) is 26.1 Å². The van der Waals surface area contributed by atoms with Gasteiger partial charge in [0.2, 0.25) is 5.91 Å². The van der Waals surface area contributed by atoms with Gasteiger partial charge in [0.1, 0.15) is 24.6 Å². The SMILES string of the molecule is CC(C)(C)CCC(=O)C[C@@H](CCC(=O)NCCOCCOCC(=O)CCCOCCOCC(=O)O)C(=O)OC(C)(C)C. The summed E-state index contributed by atoms with van der Waals surface area (Å²) in [4.78, 5) is 59.6. The number of carbonyl (C=O) groups is 5. The predicted molar refractivity (Wildman–Crippen MR) is 155 cm³/mol. The summed E-state index contributed by atoms with van der Waals surface area (Å²) in [6.45, 7) is 12.9. The van der Waals surface area contributed by atoms with Crippen LogP contribution in [0.25, 0.3) is 0 Å². The van der Waals surface area contributed by atoms with Crippen LogP contribution >= 0.6 is 0 Å². The Labute approximate surface area is 250 Å². The third-order valence-corrected chi connectivity index (χ3v) is 5.63. The van der Waals surface area contributed by atoms with E-state index in [4.69, 9.17) is 28.8 Å². The summed E-state index contributed by atoms with van der Waals surface area (Å²) in [5.74, 6) is -2.48. The average Bonchev–Trinajstić information content (AvgIpc) is 2.86. The minimum atomic E-state index is -1.03. The lowest BCUT2D eigenvalue weighted by molar-refractivity contribution is -0.161. The Hall–Kier alpha value is -2.41. The molecule has 12 heteroatoms. The van der Waals surface area contributed by atoms with Crippen molar-refractivity contribution in [2.24, 2.45) is 11.3 Å². The van der Waals surface area contributed by atoms with Crippen LogP contribution in [-0.4, -0.2) is 99.5 Å². The van der Waals surface area contributed by atoms with Gasteiger partial charge in [-0.05, 0) is 45.4 Å². The Morgan fingerprint density at radius 2 is 1.31 bits per heavy atom. The molecule has 1 amide bonds. The number of ketones is 2. The number of amides is 1. The fourth-order valence-corrected chi connectivity index (χ4v) is 3.46. The quantitative estimate of drug-likeness (QED) is 0.116. The van der Waals surface area contributed by atoms with Gasteiger partial charge in [-0.3, -0.25) is 19.2 Å². The van der Waals surface area contributed by atoms with E-state index in [9.17, 15) is 24.0 Å². The topological polar surface area (TPSA) is 164 Å². The Balaban J connectivity index is 4.04. The zero-order chi connectivity index (χ0) is 32.0. The van der Waals surface area contributed by atoms with Crippen molar-refractivity contribution in [3.8, 4) is 0 Å². The van der Waals surface area contributed by atoms with Crippen molar-refractivity contribution in [2.75, 3.05) is 59.4 Å². The molecule has 0 aromatic rings. The molecule has 42 heavy (non-hydrogen) atoms. The standard InChI is InChI=1S/C30H53NO11/c1-29(2,3)12-11-24(32)20-23(28(37)42-30(4,5)6)9-10-26(34)31-13-15-39-17-18-40-21-25(33)8-7-14-38-16-19-41-22-27(35)36/h23H,7-22H2,1-6H3,(H,31,34)(H,35,36)/t23-/m1/s1. The molecule has 2 N–H and O–H groups in total. The second-order valence-electron chi connectivity index (χ2n) is 12.3. The largest absolute Gasteiger partial charge is 0.480 e. The molecule has 0 rings (SSSR count). The molecule has 12 nitrogen and oxygen atoms in total. The van der Waals surface area contributed by atoms with E-state index in [0.29, 0.717) is 25.9 Å². The van der Waals surface area contributed by atoms with Crippen LogP contribution < -0.4 is 5.32 Å². The summed E-state index contributed by atoms with van der Waals surface area (Å²) < 4.78 is 26.3. The number of aliphatic carboxylic acids is 1. The van der Waals surface area contributed by atoms with Crippen molar-refractivity contribution in [1.82, 2.24) is 5.32 Å². The number of carboxylic acids is 1. The number of Topliss-reactive ketones (excluding diaryl/α,β-unsaturated/α-hetero) is 2. The minimum absolute atomic E-state index is 0.00945. The van der Waals surface area contributed by atoms with E-state index in [1.165, 1.54) is 0 Å². The first-order valence-electron chi connectivity index (χ1n) is 14.6. The van der Waals surface area contributed by atoms with Crippen LogP contribution in [-0.2, 0) is 47.7 Å². The van der Waals surface area contributed by atoms with Gasteiger partial charge in [-0.2, -0.15) is 0 Å².